The monoisotopic (exact) mass is 433 g/mol. The van der Waals surface area contributed by atoms with E-state index in [1.54, 1.807) is 12.1 Å². The molecule has 0 aliphatic heterocycles. The molecule has 0 saturated carbocycles. The lowest BCUT2D eigenvalue weighted by Crippen LogP contribution is -2.34. The first-order valence-electron chi connectivity index (χ1n) is 9.34. The number of rotatable bonds is 10. The predicted octanol–water partition coefficient (Wildman–Crippen LogP) is 4.57. The van der Waals surface area contributed by atoms with Crippen molar-refractivity contribution in [3.05, 3.63) is 60.2 Å². The van der Waals surface area contributed by atoms with Crippen molar-refractivity contribution in [3.63, 3.8) is 0 Å². The predicted molar refractivity (Wildman–Crippen MR) is 109 cm³/mol. The van der Waals surface area contributed by atoms with Crippen molar-refractivity contribution in [2.45, 2.75) is 37.6 Å². The van der Waals surface area contributed by atoms with Gasteiger partial charge in [-0.3, -0.25) is 4.79 Å². The Morgan fingerprint density at radius 3 is 2.57 bits per heavy atom. The molecule has 0 aliphatic rings. The average Bonchev–Trinajstić information content (AvgIpc) is 3.21. The Morgan fingerprint density at radius 2 is 1.87 bits per heavy atom. The summed E-state index contributed by atoms with van der Waals surface area (Å²) in [6.45, 7) is -0.910. The summed E-state index contributed by atoms with van der Waals surface area (Å²) >= 11 is 1.14. The van der Waals surface area contributed by atoms with Crippen LogP contribution in [0.25, 0.3) is 11.5 Å². The minimum absolute atomic E-state index is 0.0425. The molecule has 6 nitrogen and oxygen atoms in total. The molecule has 0 bridgehead atoms. The number of halogens is 2. The number of benzene rings is 2. The summed E-state index contributed by atoms with van der Waals surface area (Å²) in [5, 5.41) is 11.0. The van der Waals surface area contributed by atoms with E-state index in [-0.39, 0.29) is 34.6 Å². The second-order valence-electron chi connectivity index (χ2n) is 6.56. The molecule has 0 fully saturated rings. The van der Waals surface area contributed by atoms with Crippen molar-refractivity contribution in [1.29, 1.82) is 0 Å². The largest absolute Gasteiger partial charge is 0.435 e. The first-order valence-corrected chi connectivity index (χ1v) is 10.3. The van der Waals surface area contributed by atoms with E-state index in [1.165, 1.54) is 17.7 Å². The minimum Gasteiger partial charge on any atom is -0.435 e. The maximum atomic E-state index is 12.2. The van der Waals surface area contributed by atoms with Gasteiger partial charge in [0, 0.05) is 11.6 Å². The number of ether oxygens (including phenoxy) is 1. The topological polar surface area (TPSA) is 77.2 Å². The Morgan fingerprint density at radius 1 is 1.13 bits per heavy atom. The first kappa shape index (κ1) is 21.8. The number of nitrogens with one attached hydrogen (secondary N) is 1. The Kier molecular flexibility index (Phi) is 7.78. The van der Waals surface area contributed by atoms with Crippen LogP contribution in [0.4, 0.5) is 8.78 Å². The zero-order valence-corrected chi connectivity index (χ0v) is 17.1. The van der Waals surface area contributed by atoms with Gasteiger partial charge in [-0.2, -0.15) is 8.78 Å². The van der Waals surface area contributed by atoms with Gasteiger partial charge in [-0.1, -0.05) is 42.1 Å². The first-order chi connectivity index (χ1) is 14.5. The lowest BCUT2D eigenvalue weighted by atomic mass is 10.1. The van der Waals surface area contributed by atoms with Gasteiger partial charge in [0.15, 0.2) is 0 Å². The third-order valence-corrected chi connectivity index (χ3v) is 4.99. The number of alkyl halides is 2. The van der Waals surface area contributed by atoms with Crippen LogP contribution in [0.1, 0.15) is 18.9 Å². The molecule has 2 aromatic carbocycles. The van der Waals surface area contributed by atoms with E-state index in [9.17, 15) is 13.6 Å². The van der Waals surface area contributed by atoms with Gasteiger partial charge in [-0.15, -0.1) is 10.2 Å². The molecule has 3 aromatic rings. The van der Waals surface area contributed by atoms with Gasteiger partial charge >= 0.3 is 6.61 Å². The molecule has 1 unspecified atom stereocenters. The zero-order valence-electron chi connectivity index (χ0n) is 16.3. The van der Waals surface area contributed by atoms with Crippen LogP contribution in [0.5, 0.6) is 5.75 Å². The number of aryl methyl sites for hydroxylation is 1. The van der Waals surface area contributed by atoms with E-state index in [2.05, 4.69) is 32.4 Å². The molecule has 0 radical (unpaired) electrons. The highest BCUT2D eigenvalue weighted by molar-refractivity contribution is 7.99. The van der Waals surface area contributed by atoms with Gasteiger partial charge in [-0.05, 0) is 49.6 Å². The van der Waals surface area contributed by atoms with Crippen molar-refractivity contribution in [2.75, 3.05) is 5.75 Å². The molecule has 0 spiro atoms. The Labute approximate surface area is 177 Å². The summed E-state index contributed by atoms with van der Waals surface area (Å²) in [4.78, 5) is 12.1. The molecule has 0 aliphatic carbocycles. The molecule has 30 heavy (non-hydrogen) atoms. The fourth-order valence-electron chi connectivity index (χ4n) is 2.71. The summed E-state index contributed by atoms with van der Waals surface area (Å²) in [7, 11) is 0. The lowest BCUT2D eigenvalue weighted by molar-refractivity contribution is -0.119. The number of nitrogens with zero attached hydrogens (tertiary/aromatic N) is 2. The maximum Gasteiger partial charge on any atom is 0.387 e. The van der Waals surface area contributed by atoms with Crippen LogP contribution in [0.2, 0.25) is 0 Å². The van der Waals surface area contributed by atoms with Gasteiger partial charge in [0.25, 0.3) is 5.22 Å². The normalized spacial score (nSPS) is 12.0. The van der Waals surface area contributed by atoms with Gasteiger partial charge < -0.3 is 14.5 Å². The molecule has 3 rings (SSSR count). The summed E-state index contributed by atoms with van der Waals surface area (Å²) in [6, 6.07) is 16.0. The van der Waals surface area contributed by atoms with Crippen molar-refractivity contribution in [1.82, 2.24) is 15.5 Å². The molecule has 158 valence electrons. The quantitative estimate of drug-likeness (QED) is 0.472. The summed E-state index contributed by atoms with van der Waals surface area (Å²) in [5.41, 5.74) is 1.80. The summed E-state index contributed by atoms with van der Waals surface area (Å²) in [6.07, 6.45) is 1.74. The number of thioether (sulfide) groups is 1. The SMILES string of the molecule is CC(CCc1ccccc1)NC(=O)CSc1nnc(-c2ccc(OC(F)F)cc2)o1. The second kappa shape index (κ2) is 10.7. The van der Waals surface area contributed by atoms with Crippen LogP contribution < -0.4 is 10.1 Å². The van der Waals surface area contributed by atoms with Crippen molar-refractivity contribution >= 4 is 17.7 Å². The lowest BCUT2D eigenvalue weighted by Gasteiger charge is -2.13. The molecule has 1 amide bonds. The van der Waals surface area contributed by atoms with Gasteiger partial charge in [-0.25, -0.2) is 0 Å². The number of hydrogen-bond acceptors (Lipinski definition) is 6. The Hall–Kier alpha value is -2.94. The van der Waals surface area contributed by atoms with Gasteiger partial charge in [0.1, 0.15) is 5.75 Å². The van der Waals surface area contributed by atoms with Crippen molar-refractivity contribution in [3.8, 4) is 17.2 Å². The standard InChI is InChI=1S/C21H21F2N3O3S/c1-14(7-8-15-5-3-2-4-6-15)24-18(27)13-30-21-26-25-19(29-21)16-9-11-17(12-10-16)28-20(22)23/h2-6,9-12,14,20H,7-8,13H2,1H3,(H,24,27). The van der Waals surface area contributed by atoms with E-state index in [0.717, 1.165) is 24.6 Å². The van der Waals surface area contributed by atoms with Crippen LogP contribution in [0, 0.1) is 0 Å². The van der Waals surface area contributed by atoms with E-state index in [1.807, 2.05) is 25.1 Å². The highest BCUT2D eigenvalue weighted by Crippen LogP contribution is 2.25. The van der Waals surface area contributed by atoms with Crippen LogP contribution >= 0.6 is 11.8 Å². The molecular weight excluding hydrogens is 412 g/mol. The van der Waals surface area contributed by atoms with E-state index >= 15 is 0 Å². The molecule has 0 saturated heterocycles. The molecule has 1 N–H and O–H groups in total. The fraction of sp³-hybridized carbons (Fsp3) is 0.286. The summed E-state index contributed by atoms with van der Waals surface area (Å²) < 4.78 is 34.2. The molecule has 1 aromatic heterocycles. The highest BCUT2D eigenvalue weighted by Gasteiger charge is 2.13. The maximum absolute atomic E-state index is 12.2. The Bertz CT molecular complexity index is 936. The second-order valence-corrected chi connectivity index (χ2v) is 7.48. The molecule has 1 heterocycles. The average molecular weight is 433 g/mol. The van der Waals surface area contributed by atoms with Crippen LogP contribution in [0.15, 0.2) is 64.2 Å². The minimum atomic E-state index is -2.88. The number of aromatic nitrogens is 2. The van der Waals surface area contributed by atoms with Crippen LogP contribution in [-0.4, -0.2) is 34.5 Å². The smallest absolute Gasteiger partial charge is 0.387 e. The highest BCUT2D eigenvalue weighted by atomic mass is 32.2. The Balaban J connectivity index is 1.43. The third kappa shape index (κ3) is 6.84. The van der Waals surface area contributed by atoms with Crippen LogP contribution in [-0.2, 0) is 11.2 Å². The van der Waals surface area contributed by atoms with E-state index < -0.39 is 6.61 Å². The van der Waals surface area contributed by atoms with Gasteiger partial charge in [0.05, 0.1) is 5.75 Å². The fourth-order valence-corrected chi connectivity index (χ4v) is 3.28. The van der Waals surface area contributed by atoms with E-state index in [4.69, 9.17) is 4.42 Å². The number of carbonyl (C=O) groups excluding carboxylic acids is 1. The number of hydrogen-bond donors (Lipinski definition) is 1. The van der Waals surface area contributed by atoms with E-state index in [0.29, 0.717) is 5.56 Å². The number of carbonyl (C=O) groups is 1. The summed E-state index contributed by atoms with van der Waals surface area (Å²) in [5.74, 6) is 0.311. The van der Waals surface area contributed by atoms with Gasteiger partial charge in [0.2, 0.25) is 11.8 Å². The number of amides is 1. The zero-order chi connectivity index (χ0) is 21.3. The molecule has 9 heteroatoms. The van der Waals surface area contributed by atoms with Crippen LogP contribution in [0.3, 0.4) is 0 Å². The molecule has 1 atom stereocenters. The van der Waals surface area contributed by atoms with Crippen molar-refractivity contribution in [2.24, 2.45) is 0 Å². The van der Waals surface area contributed by atoms with Crippen molar-refractivity contribution < 1.29 is 22.7 Å². The molecular formula is C21H21F2N3O3S. The third-order valence-electron chi connectivity index (χ3n) is 4.18.